The molecule has 6 heteroatoms. The van der Waals surface area contributed by atoms with Gasteiger partial charge in [-0.1, -0.05) is 0 Å². The summed E-state index contributed by atoms with van der Waals surface area (Å²) in [4.78, 5) is 20.5. The van der Waals surface area contributed by atoms with Gasteiger partial charge in [0.2, 0.25) is 0 Å². The van der Waals surface area contributed by atoms with E-state index in [0.717, 1.165) is 52.2 Å². The zero-order valence-electron chi connectivity index (χ0n) is 11.4. The van der Waals surface area contributed by atoms with E-state index in [2.05, 4.69) is 9.88 Å². The first-order valence-corrected chi connectivity index (χ1v) is 7.64. The SMILES string of the molecule is COCCCCN1CCN(C(=O)c2cscn2)CC1. The second-order valence-electron chi connectivity index (χ2n) is 4.71. The van der Waals surface area contributed by atoms with Crippen molar-refractivity contribution in [1.82, 2.24) is 14.8 Å². The maximum Gasteiger partial charge on any atom is 0.273 e. The Bertz CT molecular complexity index is 375. The Morgan fingerprint density at radius 1 is 1.37 bits per heavy atom. The molecule has 0 aromatic carbocycles. The van der Waals surface area contributed by atoms with E-state index in [9.17, 15) is 4.79 Å². The molecular formula is C13H21N3O2S. The number of thiazole rings is 1. The van der Waals surface area contributed by atoms with E-state index >= 15 is 0 Å². The van der Waals surface area contributed by atoms with Crippen LogP contribution in [0.15, 0.2) is 10.9 Å². The molecule has 1 amide bonds. The predicted octanol–water partition coefficient (Wildman–Crippen LogP) is 1.33. The van der Waals surface area contributed by atoms with Crippen molar-refractivity contribution in [2.45, 2.75) is 12.8 Å². The molecule has 0 unspecified atom stereocenters. The summed E-state index contributed by atoms with van der Waals surface area (Å²) in [6.07, 6.45) is 2.27. The Labute approximate surface area is 118 Å². The topological polar surface area (TPSA) is 45.7 Å². The van der Waals surface area contributed by atoms with Gasteiger partial charge in [-0.05, 0) is 19.4 Å². The smallest absolute Gasteiger partial charge is 0.273 e. The first kappa shape index (κ1) is 14.4. The summed E-state index contributed by atoms with van der Waals surface area (Å²) >= 11 is 1.47. The number of methoxy groups -OCH3 is 1. The Hall–Kier alpha value is -0.980. The lowest BCUT2D eigenvalue weighted by Gasteiger charge is -2.34. The highest BCUT2D eigenvalue weighted by atomic mass is 32.1. The van der Waals surface area contributed by atoms with Crippen LogP contribution in [0.5, 0.6) is 0 Å². The van der Waals surface area contributed by atoms with Crippen LogP contribution in [-0.4, -0.2) is 67.1 Å². The zero-order valence-corrected chi connectivity index (χ0v) is 12.2. The number of carbonyl (C=O) groups is 1. The molecule has 19 heavy (non-hydrogen) atoms. The third-order valence-corrected chi connectivity index (χ3v) is 3.97. The van der Waals surface area contributed by atoms with Gasteiger partial charge in [0.25, 0.3) is 5.91 Å². The van der Waals surface area contributed by atoms with Gasteiger partial charge in [-0.2, -0.15) is 0 Å². The highest BCUT2D eigenvalue weighted by molar-refractivity contribution is 7.07. The number of piperazine rings is 1. The maximum absolute atomic E-state index is 12.1. The summed E-state index contributed by atoms with van der Waals surface area (Å²) in [5.41, 5.74) is 2.29. The largest absolute Gasteiger partial charge is 0.385 e. The summed E-state index contributed by atoms with van der Waals surface area (Å²) in [6.45, 7) is 5.47. The normalized spacial score (nSPS) is 16.8. The van der Waals surface area contributed by atoms with Crippen LogP contribution in [0.2, 0.25) is 0 Å². The molecule has 0 N–H and O–H groups in total. The summed E-state index contributed by atoms with van der Waals surface area (Å²) in [5.74, 6) is 0.0697. The molecule has 1 fully saturated rings. The summed E-state index contributed by atoms with van der Waals surface area (Å²) < 4.78 is 5.04. The van der Waals surface area contributed by atoms with Gasteiger partial charge in [-0.15, -0.1) is 11.3 Å². The first-order chi connectivity index (χ1) is 9.31. The lowest BCUT2D eigenvalue weighted by molar-refractivity contribution is 0.0627. The number of aromatic nitrogens is 1. The number of amides is 1. The monoisotopic (exact) mass is 283 g/mol. The van der Waals surface area contributed by atoms with Crippen LogP contribution in [0.1, 0.15) is 23.3 Å². The number of hydrogen-bond acceptors (Lipinski definition) is 5. The first-order valence-electron chi connectivity index (χ1n) is 6.70. The Morgan fingerprint density at radius 3 is 2.79 bits per heavy atom. The Kier molecular flexibility index (Phi) is 5.75. The highest BCUT2D eigenvalue weighted by Gasteiger charge is 2.22. The maximum atomic E-state index is 12.1. The second kappa shape index (κ2) is 7.57. The van der Waals surface area contributed by atoms with Crippen molar-refractivity contribution in [1.29, 1.82) is 0 Å². The molecular weight excluding hydrogens is 262 g/mol. The highest BCUT2D eigenvalue weighted by Crippen LogP contribution is 2.09. The molecule has 1 aromatic heterocycles. The molecule has 2 heterocycles. The Balaban J connectivity index is 1.69. The van der Waals surface area contributed by atoms with Crippen molar-refractivity contribution < 1.29 is 9.53 Å². The summed E-state index contributed by atoms with van der Waals surface area (Å²) in [6, 6.07) is 0. The van der Waals surface area contributed by atoms with Gasteiger partial charge in [-0.3, -0.25) is 9.69 Å². The molecule has 0 bridgehead atoms. The molecule has 0 saturated carbocycles. The zero-order chi connectivity index (χ0) is 13.5. The molecule has 106 valence electrons. The lowest BCUT2D eigenvalue weighted by atomic mass is 10.2. The van der Waals surface area contributed by atoms with Crippen molar-refractivity contribution in [3.63, 3.8) is 0 Å². The molecule has 0 atom stereocenters. The molecule has 1 aliphatic heterocycles. The molecule has 2 rings (SSSR count). The fourth-order valence-corrected chi connectivity index (χ4v) is 2.76. The fraction of sp³-hybridized carbons (Fsp3) is 0.692. The number of nitrogens with zero attached hydrogens (tertiary/aromatic N) is 3. The molecule has 5 nitrogen and oxygen atoms in total. The standard InChI is InChI=1S/C13H21N3O2S/c1-18-9-3-2-4-15-5-7-16(8-6-15)13(17)12-10-19-11-14-12/h10-11H,2-9H2,1H3. The van der Waals surface area contributed by atoms with Crippen molar-refractivity contribution >= 4 is 17.2 Å². The molecule has 0 aliphatic carbocycles. The van der Waals surface area contributed by atoms with E-state index in [1.165, 1.54) is 11.3 Å². The average molecular weight is 283 g/mol. The van der Waals surface area contributed by atoms with Crippen LogP contribution in [0.4, 0.5) is 0 Å². The number of unbranched alkanes of at least 4 members (excludes halogenated alkanes) is 1. The van der Waals surface area contributed by atoms with Crippen LogP contribution in [-0.2, 0) is 4.74 Å². The van der Waals surface area contributed by atoms with E-state index in [-0.39, 0.29) is 5.91 Å². The van der Waals surface area contributed by atoms with Crippen LogP contribution in [0, 0.1) is 0 Å². The van der Waals surface area contributed by atoms with E-state index in [0.29, 0.717) is 5.69 Å². The van der Waals surface area contributed by atoms with Crippen LogP contribution in [0.25, 0.3) is 0 Å². The number of hydrogen-bond donors (Lipinski definition) is 0. The van der Waals surface area contributed by atoms with Gasteiger partial charge in [0.1, 0.15) is 5.69 Å². The van der Waals surface area contributed by atoms with Gasteiger partial charge in [0.15, 0.2) is 0 Å². The van der Waals surface area contributed by atoms with E-state index in [1.807, 2.05) is 10.3 Å². The Morgan fingerprint density at radius 2 is 2.16 bits per heavy atom. The number of ether oxygens (including phenoxy) is 1. The molecule has 1 saturated heterocycles. The summed E-state index contributed by atoms with van der Waals surface area (Å²) in [7, 11) is 1.74. The van der Waals surface area contributed by atoms with Gasteiger partial charge >= 0.3 is 0 Å². The molecule has 1 aromatic rings. The number of carbonyl (C=O) groups excluding carboxylic acids is 1. The lowest BCUT2D eigenvalue weighted by Crippen LogP contribution is -2.48. The third kappa shape index (κ3) is 4.26. The van der Waals surface area contributed by atoms with Gasteiger partial charge in [-0.25, -0.2) is 4.98 Å². The van der Waals surface area contributed by atoms with Crippen LogP contribution >= 0.6 is 11.3 Å². The predicted molar refractivity (Wildman–Crippen MR) is 75.6 cm³/mol. The van der Waals surface area contributed by atoms with Gasteiger partial charge < -0.3 is 9.64 Å². The summed E-state index contributed by atoms with van der Waals surface area (Å²) in [5, 5.41) is 1.82. The molecule has 1 aliphatic rings. The van der Waals surface area contributed by atoms with Gasteiger partial charge in [0.05, 0.1) is 5.51 Å². The van der Waals surface area contributed by atoms with Gasteiger partial charge in [0, 0.05) is 45.3 Å². The van der Waals surface area contributed by atoms with Crippen LogP contribution in [0.3, 0.4) is 0 Å². The van der Waals surface area contributed by atoms with Crippen molar-refractivity contribution in [3.8, 4) is 0 Å². The van der Waals surface area contributed by atoms with E-state index in [4.69, 9.17) is 4.74 Å². The number of rotatable bonds is 6. The molecule has 0 spiro atoms. The fourth-order valence-electron chi connectivity index (χ4n) is 2.24. The van der Waals surface area contributed by atoms with E-state index in [1.54, 1.807) is 12.6 Å². The van der Waals surface area contributed by atoms with Crippen molar-refractivity contribution in [2.24, 2.45) is 0 Å². The quantitative estimate of drug-likeness (QED) is 0.739. The third-order valence-electron chi connectivity index (χ3n) is 3.38. The average Bonchev–Trinajstić information content (AvgIpc) is 2.98. The second-order valence-corrected chi connectivity index (χ2v) is 5.43. The minimum Gasteiger partial charge on any atom is -0.385 e. The molecule has 0 radical (unpaired) electrons. The minimum absolute atomic E-state index is 0.0697. The van der Waals surface area contributed by atoms with Crippen LogP contribution < -0.4 is 0 Å². The van der Waals surface area contributed by atoms with E-state index < -0.39 is 0 Å². The minimum atomic E-state index is 0.0697. The van der Waals surface area contributed by atoms with Crippen molar-refractivity contribution in [3.05, 3.63) is 16.6 Å². The van der Waals surface area contributed by atoms with Crippen molar-refractivity contribution in [2.75, 3.05) is 46.4 Å².